The van der Waals surface area contributed by atoms with Crippen LogP contribution in [0.1, 0.15) is 18.3 Å². The molecular formula is C12H14F2N4. The highest BCUT2D eigenvalue weighted by Crippen LogP contribution is 2.24. The van der Waals surface area contributed by atoms with E-state index >= 15 is 0 Å². The van der Waals surface area contributed by atoms with Crippen molar-refractivity contribution in [3.05, 3.63) is 35.2 Å². The number of nitrogens with zero attached hydrogens (tertiary/aromatic N) is 3. The van der Waals surface area contributed by atoms with E-state index in [4.69, 9.17) is 5.73 Å². The van der Waals surface area contributed by atoms with Crippen LogP contribution in [0.4, 0.5) is 8.78 Å². The van der Waals surface area contributed by atoms with Crippen molar-refractivity contribution in [3.63, 3.8) is 0 Å². The Morgan fingerprint density at radius 2 is 1.94 bits per heavy atom. The Kier molecular flexibility index (Phi) is 3.38. The summed E-state index contributed by atoms with van der Waals surface area (Å²) < 4.78 is 28.7. The van der Waals surface area contributed by atoms with E-state index < -0.39 is 11.6 Å². The SMILES string of the molecule is CCn1c(CN)nnc1-c1cc(C)c(F)cc1F. The molecule has 2 rings (SSSR count). The molecule has 96 valence electrons. The molecule has 0 aliphatic rings. The van der Waals surface area contributed by atoms with E-state index in [0.717, 1.165) is 6.07 Å². The van der Waals surface area contributed by atoms with Crippen molar-refractivity contribution in [2.75, 3.05) is 0 Å². The summed E-state index contributed by atoms with van der Waals surface area (Å²) in [5.74, 6) is -0.269. The highest BCUT2D eigenvalue weighted by Gasteiger charge is 2.16. The number of halogens is 2. The molecule has 0 bridgehead atoms. The van der Waals surface area contributed by atoms with E-state index in [1.165, 1.54) is 6.07 Å². The van der Waals surface area contributed by atoms with Crippen molar-refractivity contribution in [1.82, 2.24) is 14.8 Å². The van der Waals surface area contributed by atoms with Gasteiger partial charge in [-0.25, -0.2) is 8.78 Å². The van der Waals surface area contributed by atoms with Crippen molar-refractivity contribution in [2.45, 2.75) is 26.9 Å². The molecule has 1 heterocycles. The quantitative estimate of drug-likeness (QED) is 0.909. The number of aryl methyl sites for hydroxylation is 1. The molecule has 0 saturated carbocycles. The highest BCUT2D eigenvalue weighted by atomic mass is 19.1. The lowest BCUT2D eigenvalue weighted by molar-refractivity contribution is 0.577. The Labute approximate surface area is 103 Å². The fraction of sp³-hybridized carbons (Fsp3) is 0.333. The summed E-state index contributed by atoms with van der Waals surface area (Å²) in [5.41, 5.74) is 6.14. The lowest BCUT2D eigenvalue weighted by Crippen LogP contribution is -2.08. The van der Waals surface area contributed by atoms with Gasteiger partial charge >= 0.3 is 0 Å². The van der Waals surface area contributed by atoms with E-state index in [2.05, 4.69) is 10.2 Å². The third-order valence-electron chi connectivity index (χ3n) is 2.82. The predicted octanol–water partition coefficient (Wildman–Crippen LogP) is 2.01. The zero-order chi connectivity index (χ0) is 13.3. The van der Waals surface area contributed by atoms with Crippen LogP contribution in [-0.2, 0) is 13.1 Å². The molecule has 1 aromatic carbocycles. The fourth-order valence-corrected chi connectivity index (χ4v) is 1.85. The van der Waals surface area contributed by atoms with Gasteiger partial charge < -0.3 is 10.3 Å². The van der Waals surface area contributed by atoms with Crippen molar-refractivity contribution in [2.24, 2.45) is 5.73 Å². The average molecular weight is 252 g/mol. The first-order chi connectivity index (χ1) is 8.58. The van der Waals surface area contributed by atoms with E-state index in [1.54, 1.807) is 11.5 Å². The van der Waals surface area contributed by atoms with Crippen LogP contribution in [0.3, 0.4) is 0 Å². The summed E-state index contributed by atoms with van der Waals surface area (Å²) in [6, 6.07) is 2.29. The van der Waals surface area contributed by atoms with E-state index in [-0.39, 0.29) is 12.1 Å². The summed E-state index contributed by atoms with van der Waals surface area (Å²) in [5, 5.41) is 7.83. The largest absolute Gasteiger partial charge is 0.324 e. The molecule has 0 atom stereocenters. The normalized spacial score (nSPS) is 10.9. The van der Waals surface area contributed by atoms with Crippen molar-refractivity contribution in [1.29, 1.82) is 0 Å². The van der Waals surface area contributed by atoms with Crippen LogP contribution in [0.15, 0.2) is 12.1 Å². The van der Waals surface area contributed by atoms with Crippen LogP contribution >= 0.6 is 0 Å². The molecule has 1 aromatic heterocycles. The maximum atomic E-state index is 13.8. The van der Waals surface area contributed by atoms with Gasteiger partial charge in [0, 0.05) is 12.6 Å². The molecule has 18 heavy (non-hydrogen) atoms. The standard InChI is InChI=1S/C12H14F2N4/c1-3-18-11(6-15)16-17-12(18)8-4-7(2)9(13)5-10(8)14/h4-5H,3,6,15H2,1-2H3. The molecule has 2 aromatic rings. The van der Waals surface area contributed by atoms with Crippen LogP contribution in [0.2, 0.25) is 0 Å². The summed E-state index contributed by atoms with van der Waals surface area (Å²) in [6.45, 7) is 4.27. The molecule has 0 spiro atoms. The number of benzene rings is 1. The maximum Gasteiger partial charge on any atom is 0.166 e. The Balaban J connectivity index is 2.62. The summed E-state index contributed by atoms with van der Waals surface area (Å²) in [6.07, 6.45) is 0. The van der Waals surface area contributed by atoms with Gasteiger partial charge in [0.25, 0.3) is 0 Å². The van der Waals surface area contributed by atoms with E-state index in [0.29, 0.717) is 23.8 Å². The Morgan fingerprint density at radius 1 is 1.22 bits per heavy atom. The molecule has 0 aliphatic carbocycles. The van der Waals surface area contributed by atoms with Gasteiger partial charge in [0.05, 0.1) is 12.1 Å². The van der Waals surface area contributed by atoms with Gasteiger partial charge in [-0.05, 0) is 25.5 Å². The first-order valence-electron chi connectivity index (χ1n) is 5.66. The van der Waals surface area contributed by atoms with Gasteiger partial charge in [0.15, 0.2) is 5.82 Å². The van der Waals surface area contributed by atoms with Gasteiger partial charge in [0.1, 0.15) is 17.5 Å². The number of hydrogen-bond donors (Lipinski definition) is 1. The third-order valence-corrected chi connectivity index (χ3v) is 2.82. The van der Waals surface area contributed by atoms with E-state index in [9.17, 15) is 8.78 Å². The van der Waals surface area contributed by atoms with Crippen LogP contribution in [0.5, 0.6) is 0 Å². The van der Waals surface area contributed by atoms with Crippen molar-refractivity contribution >= 4 is 0 Å². The Hall–Kier alpha value is -1.82. The smallest absolute Gasteiger partial charge is 0.166 e. The lowest BCUT2D eigenvalue weighted by atomic mass is 10.1. The zero-order valence-electron chi connectivity index (χ0n) is 10.2. The first-order valence-corrected chi connectivity index (χ1v) is 5.66. The second kappa shape index (κ2) is 4.81. The monoisotopic (exact) mass is 252 g/mol. The summed E-state index contributed by atoms with van der Waals surface area (Å²) in [7, 11) is 0. The van der Waals surface area contributed by atoms with Crippen LogP contribution in [0, 0.1) is 18.6 Å². The summed E-state index contributed by atoms with van der Waals surface area (Å²) in [4.78, 5) is 0. The first kappa shape index (κ1) is 12.6. The lowest BCUT2D eigenvalue weighted by Gasteiger charge is -2.08. The molecular weight excluding hydrogens is 238 g/mol. The second-order valence-corrected chi connectivity index (χ2v) is 3.97. The van der Waals surface area contributed by atoms with Crippen LogP contribution in [0.25, 0.3) is 11.4 Å². The van der Waals surface area contributed by atoms with Crippen LogP contribution < -0.4 is 5.73 Å². The zero-order valence-corrected chi connectivity index (χ0v) is 10.2. The van der Waals surface area contributed by atoms with Crippen LogP contribution in [-0.4, -0.2) is 14.8 Å². The number of nitrogens with two attached hydrogens (primary N) is 1. The predicted molar refractivity (Wildman–Crippen MR) is 63.7 cm³/mol. The van der Waals surface area contributed by atoms with Gasteiger partial charge in [-0.1, -0.05) is 0 Å². The Bertz CT molecular complexity index is 578. The minimum absolute atomic E-state index is 0.225. The molecule has 0 aliphatic heterocycles. The second-order valence-electron chi connectivity index (χ2n) is 3.97. The topological polar surface area (TPSA) is 56.7 Å². The van der Waals surface area contributed by atoms with Crippen molar-refractivity contribution in [3.8, 4) is 11.4 Å². The number of hydrogen-bond acceptors (Lipinski definition) is 3. The minimum Gasteiger partial charge on any atom is -0.324 e. The number of rotatable bonds is 3. The number of aromatic nitrogens is 3. The van der Waals surface area contributed by atoms with Crippen molar-refractivity contribution < 1.29 is 8.78 Å². The minimum atomic E-state index is -0.649. The van der Waals surface area contributed by atoms with Gasteiger partial charge in [0.2, 0.25) is 0 Å². The molecule has 4 nitrogen and oxygen atoms in total. The molecule has 0 radical (unpaired) electrons. The van der Waals surface area contributed by atoms with Gasteiger partial charge in [-0.3, -0.25) is 0 Å². The molecule has 0 amide bonds. The summed E-state index contributed by atoms with van der Waals surface area (Å²) >= 11 is 0. The average Bonchev–Trinajstić information content (AvgIpc) is 2.76. The molecule has 0 unspecified atom stereocenters. The molecule has 0 saturated heterocycles. The molecule has 2 N–H and O–H groups in total. The highest BCUT2D eigenvalue weighted by molar-refractivity contribution is 5.57. The Morgan fingerprint density at radius 3 is 2.56 bits per heavy atom. The maximum absolute atomic E-state index is 13.8. The van der Waals surface area contributed by atoms with E-state index in [1.807, 2.05) is 6.92 Å². The third kappa shape index (κ3) is 1.99. The fourth-order valence-electron chi connectivity index (χ4n) is 1.85. The van der Waals surface area contributed by atoms with Gasteiger partial charge in [-0.2, -0.15) is 0 Å². The van der Waals surface area contributed by atoms with Gasteiger partial charge in [-0.15, -0.1) is 10.2 Å². The molecule has 0 fully saturated rings. The molecule has 6 heteroatoms.